The predicted molar refractivity (Wildman–Crippen MR) is 118 cm³/mol. The van der Waals surface area contributed by atoms with Gasteiger partial charge in [0, 0.05) is 0 Å². The summed E-state index contributed by atoms with van der Waals surface area (Å²) in [6.07, 6.45) is 1.76. The van der Waals surface area contributed by atoms with E-state index in [0.29, 0.717) is 25.7 Å². The van der Waals surface area contributed by atoms with E-state index in [0.717, 1.165) is 11.3 Å². The molecule has 29 heavy (non-hydrogen) atoms. The van der Waals surface area contributed by atoms with E-state index >= 15 is 0 Å². The number of methoxy groups -OCH3 is 1. The number of benzene rings is 2. The van der Waals surface area contributed by atoms with Crippen LogP contribution in [0.4, 0.5) is 5.69 Å². The van der Waals surface area contributed by atoms with Crippen molar-refractivity contribution in [2.24, 2.45) is 4.99 Å². The fourth-order valence-electron chi connectivity index (χ4n) is 2.52. The Morgan fingerprint density at radius 2 is 1.90 bits per heavy atom. The fraction of sp³-hybridized carbons (Fsp3) is 0.143. The largest absolute Gasteiger partial charge is 0.506 e. The van der Waals surface area contributed by atoms with Gasteiger partial charge in [-0.05, 0) is 48.9 Å². The lowest BCUT2D eigenvalue weighted by Crippen LogP contribution is -2.12. The number of carbonyl (C=O) groups is 1. The van der Waals surface area contributed by atoms with Gasteiger partial charge in [0.25, 0.3) is 0 Å². The van der Waals surface area contributed by atoms with E-state index in [2.05, 4.69) is 4.99 Å². The van der Waals surface area contributed by atoms with Crippen LogP contribution in [0, 0.1) is 0 Å². The summed E-state index contributed by atoms with van der Waals surface area (Å²) in [5, 5.41) is 11.8. The maximum atomic E-state index is 12.4. The Balaban J connectivity index is 2.02. The number of esters is 1. The number of aliphatic imine (C=N–C) groups is 1. The Bertz CT molecular complexity index is 1030. The molecule has 8 heteroatoms. The van der Waals surface area contributed by atoms with Crippen LogP contribution in [0.25, 0.3) is 6.08 Å². The number of carbonyl (C=O) groups excluding carboxylic acids is 1. The number of hydrogen-bond donors (Lipinski definition) is 1. The van der Waals surface area contributed by atoms with Crippen LogP contribution < -0.4 is 4.74 Å². The molecule has 1 aliphatic heterocycles. The van der Waals surface area contributed by atoms with E-state index in [9.17, 15) is 9.90 Å². The van der Waals surface area contributed by atoms with Crippen molar-refractivity contribution in [1.29, 1.82) is 0 Å². The molecule has 0 fully saturated rings. The van der Waals surface area contributed by atoms with Crippen molar-refractivity contribution >= 4 is 57.7 Å². The van der Waals surface area contributed by atoms with Gasteiger partial charge < -0.3 is 14.6 Å². The van der Waals surface area contributed by atoms with Crippen molar-refractivity contribution in [3.8, 4) is 5.75 Å². The van der Waals surface area contributed by atoms with Crippen LogP contribution >= 0.6 is 35.0 Å². The van der Waals surface area contributed by atoms with Crippen LogP contribution in [-0.2, 0) is 9.53 Å². The zero-order chi connectivity index (χ0) is 21.0. The summed E-state index contributed by atoms with van der Waals surface area (Å²) in [4.78, 5) is 17.4. The standard InChI is InChI=1S/C21H17Cl2NO4S/c1-3-28-21(26)18-19(25)17(10-12-4-7-14(27-2)8-5-12)29-20(18)24-13-6-9-15(22)16(23)11-13/h4-11,25H,3H2,1-2H3. The van der Waals surface area contributed by atoms with Gasteiger partial charge in [-0.1, -0.05) is 47.1 Å². The summed E-state index contributed by atoms with van der Waals surface area (Å²) in [5.41, 5.74) is 1.35. The van der Waals surface area contributed by atoms with E-state index in [1.54, 1.807) is 38.3 Å². The van der Waals surface area contributed by atoms with Crippen LogP contribution in [0.1, 0.15) is 12.5 Å². The van der Waals surface area contributed by atoms with Gasteiger partial charge in [0.15, 0.2) is 0 Å². The maximum absolute atomic E-state index is 12.4. The third kappa shape index (κ3) is 4.96. The zero-order valence-electron chi connectivity index (χ0n) is 15.6. The molecule has 0 atom stereocenters. The summed E-state index contributed by atoms with van der Waals surface area (Å²) in [5.74, 6) is -0.0995. The summed E-state index contributed by atoms with van der Waals surface area (Å²) >= 11 is 13.2. The van der Waals surface area contributed by atoms with Crippen molar-refractivity contribution in [2.75, 3.05) is 13.7 Å². The molecule has 1 heterocycles. The number of hydrogen-bond acceptors (Lipinski definition) is 6. The molecule has 5 nitrogen and oxygen atoms in total. The number of ether oxygens (including phenoxy) is 2. The van der Waals surface area contributed by atoms with Crippen molar-refractivity contribution in [3.63, 3.8) is 0 Å². The summed E-state index contributed by atoms with van der Waals surface area (Å²) < 4.78 is 10.2. The van der Waals surface area contributed by atoms with Crippen molar-refractivity contribution < 1.29 is 19.4 Å². The molecule has 0 bridgehead atoms. The van der Waals surface area contributed by atoms with Gasteiger partial charge in [-0.3, -0.25) is 0 Å². The fourth-order valence-corrected chi connectivity index (χ4v) is 3.84. The molecule has 0 saturated carbocycles. The maximum Gasteiger partial charge on any atom is 0.344 e. The van der Waals surface area contributed by atoms with E-state index in [1.807, 2.05) is 24.3 Å². The summed E-state index contributed by atoms with van der Waals surface area (Å²) in [6, 6.07) is 12.2. The lowest BCUT2D eigenvalue weighted by Gasteiger charge is -2.04. The Morgan fingerprint density at radius 1 is 1.17 bits per heavy atom. The quantitative estimate of drug-likeness (QED) is 0.550. The number of nitrogens with zero attached hydrogens (tertiary/aromatic N) is 1. The van der Waals surface area contributed by atoms with Crippen molar-refractivity contribution in [3.05, 3.63) is 74.3 Å². The number of aliphatic hydroxyl groups is 1. The average molecular weight is 450 g/mol. The van der Waals surface area contributed by atoms with Gasteiger partial charge in [-0.15, -0.1) is 0 Å². The first kappa shape index (κ1) is 21.3. The minimum absolute atomic E-state index is 0.0164. The number of halogens is 2. The third-order valence-electron chi connectivity index (χ3n) is 3.92. The molecule has 0 aromatic heterocycles. The van der Waals surface area contributed by atoms with Gasteiger partial charge in [0.05, 0.1) is 34.4 Å². The average Bonchev–Trinajstić information content (AvgIpc) is 3.00. The van der Waals surface area contributed by atoms with E-state index in [1.165, 1.54) is 11.8 Å². The second-order valence-corrected chi connectivity index (χ2v) is 7.69. The first-order valence-electron chi connectivity index (χ1n) is 8.61. The minimum Gasteiger partial charge on any atom is -0.506 e. The molecule has 0 saturated heterocycles. The highest BCUT2D eigenvalue weighted by Crippen LogP contribution is 2.40. The molecule has 0 unspecified atom stereocenters. The molecule has 0 aliphatic carbocycles. The smallest absolute Gasteiger partial charge is 0.344 e. The Hall–Kier alpha value is -2.41. The highest BCUT2D eigenvalue weighted by Gasteiger charge is 2.33. The Kier molecular flexibility index (Phi) is 6.90. The molecule has 150 valence electrons. The SMILES string of the molecule is CCOC(=O)C1=C(O)C(=Cc2ccc(OC)cc2)SC1=Nc1ccc(Cl)c(Cl)c1. The highest BCUT2D eigenvalue weighted by atomic mass is 35.5. The Morgan fingerprint density at radius 3 is 2.52 bits per heavy atom. The molecule has 0 spiro atoms. The summed E-state index contributed by atoms with van der Waals surface area (Å²) in [6.45, 7) is 1.87. The van der Waals surface area contributed by atoms with Crippen LogP contribution in [0.5, 0.6) is 5.75 Å². The minimum atomic E-state index is -0.644. The van der Waals surface area contributed by atoms with Gasteiger partial charge in [-0.2, -0.15) is 0 Å². The lowest BCUT2D eigenvalue weighted by molar-refractivity contribution is -0.138. The predicted octanol–water partition coefficient (Wildman–Crippen LogP) is 6.20. The molecule has 3 rings (SSSR count). The second-order valence-electron chi connectivity index (χ2n) is 5.84. The van der Waals surface area contributed by atoms with Crippen LogP contribution in [-0.4, -0.2) is 29.8 Å². The highest BCUT2D eigenvalue weighted by molar-refractivity contribution is 8.18. The van der Waals surface area contributed by atoms with Crippen LogP contribution in [0.3, 0.4) is 0 Å². The van der Waals surface area contributed by atoms with E-state index < -0.39 is 5.97 Å². The number of rotatable bonds is 5. The lowest BCUT2D eigenvalue weighted by atomic mass is 10.1. The molecule has 0 amide bonds. The first-order chi connectivity index (χ1) is 13.9. The van der Waals surface area contributed by atoms with Crippen LogP contribution in [0.2, 0.25) is 10.0 Å². The zero-order valence-corrected chi connectivity index (χ0v) is 17.9. The Labute approximate surface area is 182 Å². The molecular weight excluding hydrogens is 433 g/mol. The third-order valence-corrected chi connectivity index (χ3v) is 5.68. The first-order valence-corrected chi connectivity index (χ1v) is 10.2. The molecule has 2 aromatic carbocycles. The van der Waals surface area contributed by atoms with Crippen LogP contribution in [0.15, 0.2) is 63.7 Å². The molecule has 0 radical (unpaired) electrons. The number of thioether (sulfide) groups is 1. The van der Waals surface area contributed by atoms with Gasteiger partial charge in [0.2, 0.25) is 0 Å². The molecule has 1 N–H and O–H groups in total. The summed E-state index contributed by atoms with van der Waals surface area (Å²) in [7, 11) is 1.59. The molecular formula is C21H17Cl2NO4S. The number of aliphatic hydroxyl groups excluding tert-OH is 1. The second kappa shape index (κ2) is 9.39. The normalized spacial score (nSPS) is 16.6. The van der Waals surface area contributed by atoms with Gasteiger partial charge in [0.1, 0.15) is 22.1 Å². The molecule has 1 aliphatic rings. The van der Waals surface area contributed by atoms with E-state index in [-0.39, 0.29) is 17.9 Å². The van der Waals surface area contributed by atoms with Gasteiger partial charge in [-0.25, -0.2) is 9.79 Å². The topological polar surface area (TPSA) is 68.1 Å². The monoisotopic (exact) mass is 449 g/mol. The van der Waals surface area contributed by atoms with E-state index in [4.69, 9.17) is 32.7 Å². The molecule has 2 aromatic rings. The van der Waals surface area contributed by atoms with Gasteiger partial charge >= 0.3 is 5.97 Å². The van der Waals surface area contributed by atoms with Crippen molar-refractivity contribution in [2.45, 2.75) is 6.92 Å². The van der Waals surface area contributed by atoms with Crippen molar-refractivity contribution in [1.82, 2.24) is 0 Å².